The molecule has 0 aliphatic carbocycles. The molecule has 58 heteroatoms. The van der Waals surface area contributed by atoms with Crippen molar-refractivity contribution in [3.63, 3.8) is 0 Å². The third kappa shape index (κ3) is 26.5. The quantitative estimate of drug-likeness (QED) is 0.0290. The predicted octanol–water partition coefficient (Wildman–Crippen LogP) is -20.8. The molecule has 135 heavy (non-hydrogen) atoms. The molecule has 10 rings (SSSR count). The maximum Gasteiger partial charge on any atom is 0.217 e. The normalized spacial score (nSPS) is 43.4. The Balaban J connectivity index is 1.06. The first-order chi connectivity index (χ1) is 64.0. The van der Waals surface area contributed by atoms with Crippen LogP contribution in [-0.4, -0.2) is 546 Å². The molecule has 6 amide bonds. The van der Waals surface area contributed by atoms with Crippen molar-refractivity contribution in [1.82, 2.24) is 36.9 Å². The Morgan fingerprint density at radius 1 is 0.326 bits per heavy atom. The van der Waals surface area contributed by atoms with Crippen LogP contribution in [0.25, 0.3) is 0 Å². The molecule has 1 aromatic heterocycles. The molecular weight excluding hydrogens is 1840 g/mol. The van der Waals surface area contributed by atoms with Crippen LogP contribution < -0.4 is 37.2 Å². The number of rotatable bonds is 40. The average Bonchev–Trinajstić information content (AvgIpc) is 0.771. The number of aliphatic hydroxyl groups is 26. The molecule has 33 N–H and O–H groups in total. The van der Waals surface area contributed by atoms with Crippen molar-refractivity contribution in [3.8, 4) is 0 Å². The highest BCUT2D eigenvalue weighted by Crippen LogP contribution is 2.41. The van der Waals surface area contributed by atoms with E-state index in [-0.39, 0.29) is 12.4 Å². The molecule has 49 atom stereocenters. The van der Waals surface area contributed by atoms with Crippen molar-refractivity contribution in [2.45, 2.75) is 342 Å². The zero-order valence-electron chi connectivity index (χ0n) is 73.3. The number of pyridine rings is 1. The first-order valence-electron chi connectivity index (χ1n) is 43.1. The standard InChI is InChI=1S/C77H126N8O50/c1-22(94)80-28(11-79-39-9-7-8-10-78-39)45(101)62(29(100)12-86)129-72-43(84-26(5)98)55(111)64(35(18-92)124-72)132-75-61(117)66(51(107)38(127-75)21-119-76-67(134-70-41(82-24(3)96)53(109)47(103)31(14-88)121-70)58(114)50(106)37(128-76)20-118-69-40(81-23(2)95)52(108)46(102)30(13-87)120-69)133-77-68(135-71-42(83-25(4)97)54(110)48(104)32(15-89)122-71)60(116)65(36(19-93)126-77)130-73-44(85-27(6)99)56(112)63(34(17-91)125-73)131-74-59(115)57(113)49(105)33(16-90)123-74/h7-10,28-38,40-77,86-93,100-117H,11-21H2,1-6H3,(H,78,79)(H,80,94)(H,81,95)(H,82,96)(H,83,97)(H,84,98)(H,85,99)/t28-,29+,30+,31+,32+,33+,34+,35+,36+,37+,38+,40+,41+,42+,43+,44+,45+,46+,47+,48+,49-,50+,51+,52+,53+,54+,55+,56+,57-,58-,59+,60-,61-,62+,63+,64+,65+,66-,67-,68-,69+,70-,71-,72-,73-,74-,75-,76-,77+/m0/s1. The van der Waals surface area contributed by atoms with Crippen LogP contribution in [0.5, 0.6) is 0 Å². The van der Waals surface area contributed by atoms with Crippen molar-refractivity contribution in [1.29, 1.82) is 0 Å². The number of hydrogen-bond donors (Lipinski definition) is 33. The minimum Gasteiger partial charge on any atom is -0.394 e. The second-order valence-electron chi connectivity index (χ2n) is 33.7. The Morgan fingerprint density at radius 2 is 0.659 bits per heavy atom. The molecular formula is C77H126N8O50. The SMILES string of the molecule is CC(=O)N[C@H]1[C@H](O[C@@H]([C@H](O)[C@H](CNc2ccccn2)NC(C)=O)[C@H](O)CO)O[C@H](CO)[C@@H](O[C@@H]2O[C@H](CO[C@H]3O[C@H](CO[C@@H]4O[C@H](CO)[C@@H](O)[C@H](O)[C@H]4NC(C)=O)[C@@H](O)[C@H](O)[C@@H]3O[C@@H]3O[C@H](CO)[C@@H](O)[C@H](O)[C@H]3NC(C)=O)[C@@H](O)[C@H](O[C@H]3O[C@H](CO)[C@@H](O[C@@H]4O[C@H](CO)[C@@H](O[C@@H]5O[C@H](CO)[C@H](O)[C@H](O)[C@H]5O)[C@H](O)[C@H]4NC(C)=O)[C@H](O)[C@@H]3O[C@@H]3O[C@H](CO)[C@@H](O)[C@H](O)[C@H]3NC(C)=O)[C@@H]2O)[C@@H]1O. The largest absolute Gasteiger partial charge is 0.394 e. The fourth-order valence-electron chi connectivity index (χ4n) is 16.9. The molecule has 10 heterocycles. The van der Waals surface area contributed by atoms with E-state index in [1.165, 1.54) is 12.3 Å². The van der Waals surface area contributed by atoms with E-state index in [4.69, 9.17) is 85.3 Å². The molecule has 0 unspecified atom stereocenters. The summed E-state index contributed by atoms with van der Waals surface area (Å²) >= 11 is 0. The summed E-state index contributed by atoms with van der Waals surface area (Å²) in [4.78, 5) is 81.6. The molecule has 9 aliphatic rings. The summed E-state index contributed by atoms with van der Waals surface area (Å²) in [7, 11) is 0. The van der Waals surface area contributed by atoms with Crippen LogP contribution >= 0.6 is 0 Å². The highest BCUT2D eigenvalue weighted by molar-refractivity contribution is 5.75. The maximum atomic E-state index is 13.4. The lowest BCUT2D eigenvalue weighted by molar-refractivity contribution is -0.404. The predicted molar refractivity (Wildman–Crippen MR) is 427 cm³/mol. The van der Waals surface area contributed by atoms with Gasteiger partial charge in [-0.1, -0.05) is 6.07 Å². The van der Waals surface area contributed by atoms with Crippen LogP contribution in [-0.2, 0) is 114 Å². The third-order valence-electron chi connectivity index (χ3n) is 23.9. The van der Waals surface area contributed by atoms with Gasteiger partial charge in [0, 0.05) is 54.3 Å². The van der Waals surface area contributed by atoms with Gasteiger partial charge in [0.15, 0.2) is 56.6 Å². The number of aromatic nitrogens is 1. The molecule has 0 spiro atoms. The van der Waals surface area contributed by atoms with Gasteiger partial charge in [0.1, 0.15) is 244 Å². The summed E-state index contributed by atoms with van der Waals surface area (Å²) in [5, 5.41) is 314. The van der Waals surface area contributed by atoms with E-state index in [2.05, 4.69) is 42.2 Å². The van der Waals surface area contributed by atoms with Gasteiger partial charge in [-0.3, -0.25) is 28.8 Å². The Morgan fingerprint density at radius 3 is 1.10 bits per heavy atom. The Labute approximate surface area is 766 Å². The van der Waals surface area contributed by atoms with Crippen LogP contribution in [0.3, 0.4) is 0 Å². The van der Waals surface area contributed by atoms with Gasteiger partial charge in [0.25, 0.3) is 0 Å². The van der Waals surface area contributed by atoms with Crippen molar-refractivity contribution < 1.29 is 247 Å². The molecule has 0 aromatic carbocycles. The molecule has 0 saturated carbocycles. The molecule has 0 radical (unpaired) electrons. The molecule has 9 saturated heterocycles. The van der Waals surface area contributed by atoms with Gasteiger partial charge >= 0.3 is 0 Å². The molecule has 774 valence electrons. The summed E-state index contributed by atoms with van der Waals surface area (Å²) < 4.78 is 110. The molecule has 9 fully saturated rings. The van der Waals surface area contributed by atoms with Crippen molar-refractivity contribution in [2.24, 2.45) is 0 Å². The minimum absolute atomic E-state index is 0.215. The van der Waals surface area contributed by atoms with Crippen molar-refractivity contribution in [3.05, 3.63) is 24.4 Å². The maximum absolute atomic E-state index is 13.4. The van der Waals surface area contributed by atoms with Crippen LogP contribution in [0.2, 0.25) is 0 Å². The second kappa shape index (κ2) is 50.1. The first-order valence-corrected chi connectivity index (χ1v) is 43.1. The van der Waals surface area contributed by atoms with Crippen LogP contribution in [0.4, 0.5) is 5.82 Å². The number of hydrogen-bond acceptors (Lipinski definition) is 52. The van der Waals surface area contributed by atoms with E-state index in [1.54, 1.807) is 12.1 Å². The molecule has 1 aromatic rings. The Hall–Kier alpha value is -5.99. The van der Waals surface area contributed by atoms with Crippen LogP contribution in [0.1, 0.15) is 41.5 Å². The highest BCUT2D eigenvalue weighted by atomic mass is 16.8. The molecule has 0 bridgehead atoms. The smallest absolute Gasteiger partial charge is 0.217 e. The van der Waals surface area contributed by atoms with Crippen LogP contribution in [0.15, 0.2) is 24.4 Å². The number of ether oxygens (including phenoxy) is 18. The lowest BCUT2D eigenvalue weighted by atomic mass is 9.93. The number of carbonyl (C=O) groups is 6. The zero-order chi connectivity index (χ0) is 99.3. The van der Waals surface area contributed by atoms with E-state index < -0.39 is 402 Å². The molecule has 58 nitrogen and oxygen atoms in total. The highest BCUT2D eigenvalue weighted by Gasteiger charge is 2.62. The summed E-state index contributed by atoms with van der Waals surface area (Å²) in [6.07, 6.45) is -92.3. The number of nitrogens with zero attached hydrogens (tertiary/aromatic N) is 1. The fourth-order valence-corrected chi connectivity index (χ4v) is 16.9. The van der Waals surface area contributed by atoms with Gasteiger partial charge in [-0.25, -0.2) is 4.98 Å². The molecule has 9 aliphatic heterocycles. The summed E-state index contributed by atoms with van der Waals surface area (Å²) in [6.45, 7) is -6.22. The Kier molecular flexibility index (Phi) is 41.2. The lowest BCUT2D eigenvalue weighted by Crippen LogP contribution is -2.71. The number of amides is 6. The van der Waals surface area contributed by atoms with Crippen molar-refractivity contribution in [2.75, 3.05) is 77.9 Å². The monoisotopic (exact) mass is 1960 g/mol. The van der Waals surface area contributed by atoms with Gasteiger partial charge in [-0.15, -0.1) is 0 Å². The number of carbonyl (C=O) groups excluding carboxylic acids is 6. The van der Waals surface area contributed by atoms with E-state index in [0.29, 0.717) is 0 Å². The van der Waals surface area contributed by atoms with Gasteiger partial charge in [-0.2, -0.15) is 0 Å². The average molecular weight is 1960 g/mol. The lowest BCUT2D eigenvalue weighted by Gasteiger charge is -2.52. The Bertz CT molecular complexity index is 3860. The summed E-state index contributed by atoms with van der Waals surface area (Å²) in [5.41, 5.74) is 0. The topological polar surface area (TPSA) is 892 Å². The number of anilines is 1. The fraction of sp³-hybridized carbons (Fsp3) is 0.857. The zero-order valence-corrected chi connectivity index (χ0v) is 73.3. The van der Waals surface area contributed by atoms with E-state index in [1.807, 2.05) is 0 Å². The van der Waals surface area contributed by atoms with E-state index in [9.17, 15) is 162 Å². The first kappa shape index (κ1) is 111. The summed E-state index contributed by atoms with van der Waals surface area (Å²) in [6, 6.07) is -6.37. The minimum atomic E-state index is -2.73. The summed E-state index contributed by atoms with van der Waals surface area (Å²) in [5.74, 6) is -5.26. The van der Waals surface area contributed by atoms with Gasteiger partial charge in [0.05, 0.1) is 72.1 Å². The van der Waals surface area contributed by atoms with Gasteiger partial charge in [-0.05, 0) is 12.1 Å². The second-order valence-corrected chi connectivity index (χ2v) is 33.7. The van der Waals surface area contributed by atoms with Crippen LogP contribution in [0, 0.1) is 0 Å². The number of nitrogens with one attached hydrogen (secondary N) is 7. The van der Waals surface area contributed by atoms with E-state index in [0.717, 1.165) is 41.5 Å². The number of aliphatic hydroxyl groups excluding tert-OH is 26. The third-order valence-corrected chi connectivity index (χ3v) is 23.9. The van der Waals surface area contributed by atoms with Gasteiger partial charge < -0.3 is 255 Å². The van der Waals surface area contributed by atoms with Crippen molar-refractivity contribution >= 4 is 41.3 Å². The van der Waals surface area contributed by atoms with E-state index >= 15 is 0 Å². The van der Waals surface area contributed by atoms with Gasteiger partial charge in [0.2, 0.25) is 35.4 Å².